The Bertz CT molecular complexity index is 269. The summed E-state index contributed by atoms with van der Waals surface area (Å²) in [5.41, 5.74) is 0.644. The molecule has 72 valence electrons. The van der Waals surface area contributed by atoms with Gasteiger partial charge in [-0.25, -0.2) is 4.79 Å². The molecule has 2 atom stereocenters. The maximum absolute atomic E-state index is 11.4. The van der Waals surface area contributed by atoms with Gasteiger partial charge in [0.05, 0.1) is 25.2 Å². The monoisotopic (exact) mass is 184 g/mol. The molecule has 0 spiro atoms. The van der Waals surface area contributed by atoms with Crippen LogP contribution in [-0.4, -0.2) is 26.0 Å². The molecule has 0 N–H and O–H groups in total. The van der Waals surface area contributed by atoms with E-state index in [1.807, 2.05) is 0 Å². The summed E-state index contributed by atoms with van der Waals surface area (Å²) in [6.45, 7) is 2.43. The van der Waals surface area contributed by atoms with E-state index in [4.69, 9.17) is 9.47 Å². The van der Waals surface area contributed by atoms with E-state index in [0.717, 1.165) is 6.42 Å². The lowest BCUT2D eigenvalue weighted by Crippen LogP contribution is -2.17. The largest absolute Gasteiger partial charge is 0.468 e. The van der Waals surface area contributed by atoms with Crippen molar-refractivity contribution in [1.82, 2.24) is 0 Å². The average Bonchev–Trinajstić information content (AvgIpc) is 2.62. The number of ether oxygens (including phenoxy) is 3. The second-order valence-corrected chi connectivity index (χ2v) is 3.21. The maximum atomic E-state index is 11.4. The first-order valence-corrected chi connectivity index (χ1v) is 4.31. The zero-order valence-electron chi connectivity index (χ0n) is 7.70. The smallest absolute Gasteiger partial charge is 0.337 e. The third kappa shape index (κ3) is 1.21. The molecule has 13 heavy (non-hydrogen) atoms. The number of hydrogen-bond donors (Lipinski definition) is 0. The predicted molar refractivity (Wildman–Crippen MR) is 43.6 cm³/mol. The molecule has 0 aliphatic carbocycles. The van der Waals surface area contributed by atoms with Crippen LogP contribution in [0.15, 0.2) is 11.3 Å². The van der Waals surface area contributed by atoms with Gasteiger partial charge in [0.25, 0.3) is 0 Å². The molecule has 0 unspecified atom stereocenters. The number of esters is 1. The average molecular weight is 184 g/mol. The van der Waals surface area contributed by atoms with Gasteiger partial charge in [0.1, 0.15) is 5.76 Å². The molecule has 1 fully saturated rings. The highest BCUT2D eigenvalue weighted by molar-refractivity contribution is 5.90. The topological polar surface area (TPSA) is 44.8 Å². The van der Waals surface area contributed by atoms with Crippen molar-refractivity contribution in [2.45, 2.75) is 19.6 Å². The van der Waals surface area contributed by atoms with Gasteiger partial charge >= 0.3 is 5.97 Å². The SMILES string of the molecule is COC(=O)C1=C(C)O[C@H]2OCC[C@H]12. The molecule has 0 saturated carbocycles. The van der Waals surface area contributed by atoms with Crippen LogP contribution in [0.25, 0.3) is 0 Å². The van der Waals surface area contributed by atoms with Crippen molar-refractivity contribution in [3.63, 3.8) is 0 Å². The van der Waals surface area contributed by atoms with Crippen molar-refractivity contribution in [2.24, 2.45) is 5.92 Å². The van der Waals surface area contributed by atoms with Gasteiger partial charge in [-0.2, -0.15) is 0 Å². The van der Waals surface area contributed by atoms with Crippen LogP contribution in [0.5, 0.6) is 0 Å². The van der Waals surface area contributed by atoms with Crippen molar-refractivity contribution >= 4 is 5.97 Å². The molecule has 2 aliphatic rings. The normalized spacial score (nSPS) is 31.5. The quantitative estimate of drug-likeness (QED) is 0.566. The van der Waals surface area contributed by atoms with Crippen LogP contribution >= 0.6 is 0 Å². The van der Waals surface area contributed by atoms with Crippen molar-refractivity contribution in [3.8, 4) is 0 Å². The first-order valence-electron chi connectivity index (χ1n) is 4.31. The summed E-state index contributed by atoms with van der Waals surface area (Å²) in [7, 11) is 1.38. The molecular weight excluding hydrogens is 172 g/mol. The zero-order valence-corrected chi connectivity index (χ0v) is 7.70. The highest BCUT2D eigenvalue weighted by atomic mass is 16.7. The number of carbonyl (C=O) groups excluding carboxylic acids is 1. The first-order chi connectivity index (χ1) is 6.24. The van der Waals surface area contributed by atoms with Gasteiger partial charge in [0.2, 0.25) is 6.29 Å². The third-order valence-corrected chi connectivity index (χ3v) is 2.49. The number of allylic oxidation sites excluding steroid dienone is 1. The van der Waals surface area contributed by atoms with E-state index in [0.29, 0.717) is 17.9 Å². The molecule has 0 radical (unpaired) electrons. The molecule has 2 heterocycles. The van der Waals surface area contributed by atoms with Gasteiger partial charge in [0, 0.05) is 0 Å². The van der Waals surface area contributed by atoms with E-state index in [1.54, 1.807) is 6.92 Å². The minimum atomic E-state index is -0.296. The molecule has 4 nitrogen and oxygen atoms in total. The van der Waals surface area contributed by atoms with Gasteiger partial charge in [0.15, 0.2) is 0 Å². The Morgan fingerprint density at radius 1 is 1.62 bits per heavy atom. The van der Waals surface area contributed by atoms with Crippen LogP contribution in [0.2, 0.25) is 0 Å². The lowest BCUT2D eigenvalue weighted by Gasteiger charge is -2.08. The molecule has 0 bridgehead atoms. The highest BCUT2D eigenvalue weighted by Gasteiger charge is 2.43. The number of hydrogen-bond acceptors (Lipinski definition) is 4. The molecule has 1 saturated heterocycles. The Labute approximate surface area is 76.5 Å². The molecule has 0 aromatic heterocycles. The third-order valence-electron chi connectivity index (χ3n) is 2.49. The fourth-order valence-electron chi connectivity index (χ4n) is 1.86. The lowest BCUT2D eigenvalue weighted by atomic mass is 9.98. The Balaban J connectivity index is 2.24. The van der Waals surface area contributed by atoms with Gasteiger partial charge in [-0.1, -0.05) is 0 Å². The van der Waals surface area contributed by atoms with E-state index in [9.17, 15) is 4.79 Å². The molecular formula is C9H12O4. The minimum absolute atomic E-state index is 0.0763. The van der Waals surface area contributed by atoms with Crippen molar-refractivity contribution in [2.75, 3.05) is 13.7 Å². The predicted octanol–water partition coefficient (Wildman–Crippen LogP) is 0.826. The van der Waals surface area contributed by atoms with Gasteiger partial charge in [-0.3, -0.25) is 0 Å². The van der Waals surface area contributed by atoms with Crippen LogP contribution in [0.1, 0.15) is 13.3 Å². The number of carbonyl (C=O) groups is 1. The van der Waals surface area contributed by atoms with Crippen LogP contribution in [0.4, 0.5) is 0 Å². The lowest BCUT2D eigenvalue weighted by molar-refractivity contribution is -0.136. The first kappa shape index (κ1) is 8.56. The van der Waals surface area contributed by atoms with Crippen molar-refractivity contribution < 1.29 is 19.0 Å². The fraction of sp³-hybridized carbons (Fsp3) is 0.667. The van der Waals surface area contributed by atoms with Crippen LogP contribution < -0.4 is 0 Å². The minimum Gasteiger partial charge on any atom is -0.468 e. The number of fused-ring (bicyclic) bond motifs is 1. The summed E-state index contributed by atoms with van der Waals surface area (Å²) in [6.07, 6.45) is 0.584. The molecule has 2 rings (SSSR count). The van der Waals surface area contributed by atoms with Crippen LogP contribution in [0.3, 0.4) is 0 Å². The summed E-state index contributed by atoms with van der Waals surface area (Å²) in [5, 5.41) is 0. The van der Waals surface area contributed by atoms with Crippen LogP contribution in [-0.2, 0) is 19.0 Å². The van der Waals surface area contributed by atoms with E-state index < -0.39 is 0 Å². The van der Waals surface area contributed by atoms with Gasteiger partial charge < -0.3 is 14.2 Å². The summed E-state index contributed by atoms with van der Waals surface area (Å²) in [4.78, 5) is 11.4. The maximum Gasteiger partial charge on any atom is 0.337 e. The Kier molecular flexibility index (Phi) is 2.00. The molecule has 0 aromatic rings. The fourth-order valence-corrected chi connectivity index (χ4v) is 1.86. The second-order valence-electron chi connectivity index (χ2n) is 3.21. The standard InChI is InChI=1S/C9H12O4/c1-5-7(8(10)11-2)6-3-4-12-9(6)13-5/h6,9H,3-4H2,1-2H3/t6-,9-/m1/s1. The van der Waals surface area contributed by atoms with E-state index in [2.05, 4.69) is 4.74 Å². The Morgan fingerprint density at radius 2 is 2.38 bits per heavy atom. The van der Waals surface area contributed by atoms with Gasteiger partial charge in [-0.05, 0) is 13.3 Å². The summed E-state index contributed by atoms with van der Waals surface area (Å²) in [5.74, 6) is 0.421. The molecule has 0 aromatic carbocycles. The number of rotatable bonds is 1. The van der Waals surface area contributed by atoms with E-state index in [-0.39, 0.29) is 18.2 Å². The van der Waals surface area contributed by atoms with Crippen LogP contribution in [0, 0.1) is 5.92 Å². The van der Waals surface area contributed by atoms with Crippen molar-refractivity contribution in [3.05, 3.63) is 11.3 Å². The zero-order chi connectivity index (χ0) is 9.42. The second kappa shape index (κ2) is 3.03. The molecule has 0 amide bonds. The van der Waals surface area contributed by atoms with E-state index in [1.165, 1.54) is 7.11 Å². The Morgan fingerprint density at radius 3 is 3.08 bits per heavy atom. The highest BCUT2D eigenvalue weighted by Crippen LogP contribution is 2.38. The summed E-state index contributed by atoms with van der Waals surface area (Å²) in [6, 6.07) is 0. The Hall–Kier alpha value is -1.03. The summed E-state index contributed by atoms with van der Waals surface area (Å²) < 4.78 is 15.4. The van der Waals surface area contributed by atoms with E-state index >= 15 is 0 Å². The number of methoxy groups -OCH3 is 1. The summed E-state index contributed by atoms with van der Waals surface area (Å²) >= 11 is 0. The molecule has 2 aliphatic heterocycles. The van der Waals surface area contributed by atoms with Crippen molar-refractivity contribution in [1.29, 1.82) is 0 Å². The molecule has 4 heteroatoms. The van der Waals surface area contributed by atoms with Gasteiger partial charge in [-0.15, -0.1) is 0 Å².